The molecule has 1 aliphatic carbocycles. The number of carbonyl (C=O) groups is 1. The fourth-order valence-corrected chi connectivity index (χ4v) is 4.47. The van der Waals surface area contributed by atoms with Crippen molar-refractivity contribution in [2.75, 3.05) is 11.5 Å². The topological polar surface area (TPSA) is 63.2 Å². The maximum Gasteiger partial charge on any atom is 0.224 e. The number of carbonyl (C=O) groups excluding carboxylic acids is 1. The molecule has 1 heterocycles. The minimum Gasteiger partial charge on any atom is -0.352 e. The van der Waals surface area contributed by atoms with Crippen LogP contribution in [0, 0.1) is 5.92 Å². The van der Waals surface area contributed by atoms with Gasteiger partial charge in [-0.15, -0.1) is 0 Å². The molecule has 0 bridgehead atoms. The third-order valence-corrected chi connectivity index (χ3v) is 5.72. The molecule has 0 aromatic heterocycles. The Kier molecular flexibility index (Phi) is 3.09. The van der Waals surface area contributed by atoms with E-state index in [1.807, 2.05) is 18.2 Å². The van der Waals surface area contributed by atoms with Crippen LogP contribution >= 0.6 is 0 Å². The maximum absolute atomic E-state index is 12.0. The lowest BCUT2D eigenvalue weighted by molar-refractivity contribution is -0.124. The van der Waals surface area contributed by atoms with Crippen LogP contribution in [0.15, 0.2) is 30.3 Å². The average molecular weight is 279 g/mol. The molecule has 0 unspecified atom stereocenters. The van der Waals surface area contributed by atoms with Crippen molar-refractivity contribution in [2.45, 2.75) is 24.8 Å². The summed E-state index contributed by atoms with van der Waals surface area (Å²) in [6.07, 6.45) is 1.42. The van der Waals surface area contributed by atoms with Crippen LogP contribution in [0.2, 0.25) is 0 Å². The van der Waals surface area contributed by atoms with E-state index in [2.05, 4.69) is 17.4 Å². The molecule has 1 aromatic rings. The quantitative estimate of drug-likeness (QED) is 0.901. The fraction of sp³-hybridized carbons (Fsp3) is 0.500. The minimum absolute atomic E-state index is 0.0154. The van der Waals surface area contributed by atoms with Gasteiger partial charge in [-0.1, -0.05) is 30.3 Å². The van der Waals surface area contributed by atoms with Gasteiger partial charge in [-0.2, -0.15) is 0 Å². The molecule has 1 aliphatic heterocycles. The first-order chi connectivity index (χ1) is 9.05. The molecule has 1 saturated heterocycles. The van der Waals surface area contributed by atoms with E-state index in [4.69, 9.17) is 0 Å². The van der Waals surface area contributed by atoms with E-state index in [9.17, 15) is 13.2 Å². The van der Waals surface area contributed by atoms with Gasteiger partial charge in [0.1, 0.15) is 0 Å². The van der Waals surface area contributed by atoms with Gasteiger partial charge in [-0.3, -0.25) is 4.79 Å². The summed E-state index contributed by atoms with van der Waals surface area (Å²) in [5.41, 5.74) is 1.24. The van der Waals surface area contributed by atoms with Gasteiger partial charge >= 0.3 is 0 Å². The number of amides is 1. The zero-order valence-corrected chi connectivity index (χ0v) is 11.4. The highest BCUT2D eigenvalue weighted by atomic mass is 32.2. The van der Waals surface area contributed by atoms with Crippen LogP contribution < -0.4 is 5.32 Å². The molecule has 4 nitrogen and oxygen atoms in total. The number of nitrogens with one attached hydrogen (secondary N) is 1. The van der Waals surface area contributed by atoms with Gasteiger partial charge in [-0.05, 0) is 18.4 Å². The molecule has 3 atom stereocenters. The Hall–Kier alpha value is -1.36. The molecule has 1 saturated carbocycles. The van der Waals surface area contributed by atoms with Crippen LogP contribution in [0.4, 0.5) is 0 Å². The zero-order valence-electron chi connectivity index (χ0n) is 10.6. The standard InChI is InChI=1S/C14H17NO3S/c16-14(11-6-7-19(17,18)9-11)15-13-8-12(13)10-4-2-1-3-5-10/h1-5,11-13H,6-9H2,(H,15,16)/t11-,12-,13+/m0/s1. The Morgan fingerprint density at radius 3 is 2.58 bits per heavy atom. The lowest BCUT2D eigenvalue weighted by Crippen LogP contribution is -2.33. The fourth-order valence-electron chi connectivity index (χ4n) is 2.73. The van der Waals surface area contributed by atoms with Crippen molar-refractivity contribution < 1.29 is 13.2 Å². The first-order valence-corrected chi connectivity index (χ1v) is 8.43. The van der Waals surface area contributed by atoms with E-state index in [0.29, 0.717) is 12.3 Å². The highest BCUT2D eigenvalue weighted by Gasteiger charge is 2.42. The van der Waals surface area contributed by atoms with Crippen LogP contribution in [-0.2, 0) is 14.6 Å². The number of hydrogen-bond acceptors (Lipinski definition) is 3. The van der Waals surface area contributed by atoms with Crippen molar-refractivity contribution in [2.24, 2.45) is 5.92 Å². The predicted octanol–water partition coefficient (Wildman–Crippen LogP) is 1.09. The second-order valence-electron chi connectivity index (χ2n) is 5.47. The molecule has 1 N–H and O–H groups in total. The summed E-state index contributed by atoms with van der Waals surface area (Å²) >= 11 is 0. The third-order valence-electron chi connectivity index (χ3n) is 3.95. The van der Waals surface area contributed by atoms with E-state index in [0.717, 1.165) is 6.42 Å². The molecule has 5 heteroatoms. The van der Waals surface area contributed by atoms with Crippen LogP contribution in [0.1, 0.15) is 24.3 Å². The monoisotopic (exact) mass is 279 g/mol. The van der Waals surface area contributed by atoms with Gasteiger partial charge in [0, 0.05) is 12.0 Å². The largest absolute Gasteiger partial charge is 0.352 e. The SMILES string of the molecule is O=C(N[C@@H]1C[C@H]1c1ccccc1)[C@H]1CCS(=O)(=O)C1. The van der Waals surface area contributed by atoms with Crippen LogP contribution in [0.3, 0.4) is 0 Å². The Morgan fingerprint density at radius 2 is 1.95 bits per heavy atom. The van der Waals surface area contributed by atoms with Gasteiger partial charge in [-0.25, -0.2) is 8.42 Å². The Morgan fingerprint density at radius 1 is 1.21 bits per heavy atom. The molecule has 0 spiro atoms. The van der Waals surface area contributed by atoms with Gasteiger partial charge < -0.3 is 5.32 Å². The van der Waals surface area contributed by atoms with Crippen molar-refractivity contribution in [1.29, 1.82) is 0 Å². The Bertz CT molecular complexity index is 582. The summed E-state index contributed by atoms with van der Waals surface area (Å²) in [7, 11) is -2.98. The highest BCUT2D eigenvalue weighted by molar-refractivity contribution is 7.91. The van der Waals surface area contributed by atoms with Crippen LogP contribution in [-0.4, -0.2) is 31.9 Å². The summed E-state index contributed by atoms with van der Waals surface area (Å²) in [5.74, 6) is 0.120. The van der Waals surface area contributed by atoms with Crippen molar-refractivity contribution in [3.8, 4) is 0 Å². The van der Waals surface area contributed by atoms with E-state index in [-0.39, 0.29) is 29.4 Å². The number of sulfone groups is 1. The lowest BCUT2D eigenvalue weighted by Gasteiger charge is -2.09. The Labute approximate surface area is 113 Å². The van der Waals surface area contributed by atoms with Crippen molar-refractivity contribution >= 4 is 15.7 Å². The van der Waals surface area contributed by atoms with Crippen LogP contribution in [0.5, 0.6) is 0 Å². The summed E-state index contributed by atoms with van der Waals surface area (Å²) in [6, 6.07) is 10.3. The first kappa shape index (κ1) is 12.7. The summed E-state index contributed by atoms with van der Waals surface area (Å²) in [6.45, 7) is 0. The normalized spacial score (nSPS) is 31.9. The molecule has 3 rings (SSSR count). The molecule has 102 valence electrons. The second-order valence-corrected chi connectivity index (χ2v) is 7.70. The number of benzene rings is 1. The van der Waals surface area contributed by atoms with Crippen molar-refractivity contribution in [1.82, 2.24) is 5.32 Å². The second kappa shape index (κ2) is 4.63. The summed E-state index contributed by atoms with van der Waals surface area (Å²) in [4.78, 5) is 12.0. The van der Waals surface area contributed by atoms with Gasteiger partial charge in [0.2, 0.25) is 5.91 Å². The van der Waals surface area contributed by atoms with E-state index >= 15 is 0 Å². The molecule has 19 heavy (non-hydrogen) atoms. The van der Waals surface area contributed by atoms with Gasteiger partial charge in [0.25, 0.3) is 0 Å². The number of hydrogen-bond donors (Lipinski definition) is 1. The molecule has 1 amide bonds. The Balaban J connectivity index is 1.56. The average Bonchev–Trinajstić information content (AvgIpc) is 3.05. The van der Waals surface area contributed by atoms with Crippen LogP contribution in [0.25, 0.3) is 0 Å². The molecule has 0 radical (unpaired) electrons. The van der Waals surface area contributed by atoms with Crippen molar-refractivity contribution in [3.63, 3.8) is 0 Å². The molecule has 2 fully saturated rings. The van der Waals surface area contributed by atoms with E-state index in [1.54, 1.807) is 0 Å². The smallest absolute Gasteiger partial charge is 0.224 e. The maximum atomic E-state index is 12.0. The minimum atomic E-state index is -2.98. The summed E-state index contributed by atoms with van der Waals surface area (Å²) in [5, 5.41) is 2.98. The van der Waals surface area contributed by atoms with Gasteiger partial charge in [0.05, 0.1) is 17.4 Å². The van der Waals surface area contributed by atoms with E-state index in [1.165, 1.54) is 5.56 Å². The van der Waals surface area contributed by atoms with Crippen molar-refractivity contribution in [3.05, 3.63) is 35.9 Å². The zero-order chi connectivity index (χ0) is 13.5. The lowest BCUT2D eigenvalue weighted by atomic mass is 10.1. The third kappa shape index (κ3) is 2.81. The molecular formula is C14H17NO3S. The summed E-state index contributed by atoms with van der Waals surface area (Å²) < 4.78 is 22.7. The van der Waals surface area contributed by atoms with Gasteiger partial charge in [0.15, 0.2) is 9.84 Å². The molecule has 1 aromatic carbocycles. The number of rotatable bonds is 3. The predicted molar refractivity (Wildman–Crippen MR) is 72.5 cm³/mol. The first-order valence-electron chi connectivity index (χ1n) is 6.61. The molecular weight excluding hydrogens is 262 g/mol. The molecule has 2 aliphatic rings. The highest BCUT2D eigenvalue weighted by Crippen LogP contribution is 2.40. The van der Waals surface area contributed by atoms with E-state index < -0.39 is 9.84 Å².